The number of hydrogen-bond donors (Lipinski definition) is 2. The van der Waals surface area contributed by atoms with E-state index in [0.29, 0.717) is 19.0 Å². The quantitative estimate of drug-likeness (QED) is 0.617. The summed E-state index contributed by atoms with van der Waals surface area (Å²) in [6.07, 6.45) is 1.83. The molecule has 0 fully saturated rings. The Morgan fingerprint density at radius 3 is 2.71 bits per heavy atom. The van der Waals surface area contributed by atoms with Gasteiger partial charge in [0.25, 0.3) is 0 Å². The molecule has 0 radical (unpaired) electrons. The second-order valence-electron chi connectivity index (χ2n) is 5.52. The van der Waals surface area contributed by atoms with Crippen LogP contribution >= 0.6 is 11.3 Å². The average Bonchev–Trinajstić information content (AvgIpc) is 2.98. The van der Waals surface area contributed by atoms with Crippen molar-refractivity contribution in [3.05, 3.63) is 51.5 Å². The normalized spacial score (nSPS) is 13.0. The molecule has 0 saturated heterocycles. The zero-order valence-corrected chi connectivity index (χ0v) is 14.9. The van der Waals surface area contributed by atoms with Crippen molar-refractivity contribution < 1.29 is 8.78 Å². The Labute approximate surface area is 145 Å². The molecular formula is C17H22F2N4S. The Balaban J connectivity index is 1.95. The molecule has 1 atom stereocenters. The number of rotatable bonds is 6. The Kier molecular flexibility index (Phi) is 6.66. The number of benzene rings is 1. The first kappa shape index (κ1) is 18.3. The van der Waals surface area contributed by atoms with Gasteiger partial charge in [0.1, 0.15) is 5.01 Å². The van der Waals surface area contributed by atoms with Gasteiger partial charge >= 0.3 is 0 Å². The number of aryl methyl sites for hydroxylation is 1. The molecular weight excluding hydrogens is 330 g/mol. The second-order valence-corrected chi connectivity index (χ2v) is 6.83. The van der Waals surface area contributed by atoms with E-state index >= 15 is 0 Å². The summed E-state index contributed by atoms with van der Waals surface area (Å²) in [6, 6.07) is 4.00. The molecule has 0 aliphatic rings. The highest BCUT2D eigenvalue weighted by Gasteiger charge is 2.10. The van der Waals surface area contributed by atoms with Crippen LogP contribution in [0.25, 0.3) is 0 Å². The van der Waals surface area contributed by atoms with Gasteiger partial charge in [0.15, 0.2) is 17.6 Å². The molecule has 2 N–H and O–H groups in total. The fraction of sp³-hybridized carbons (Fsp3) is 0.412. The summed E-state index contributed by atoms with van der Waals surface area (Å²) in [7, 11) is 0. The van der Waals surface area contributed by atoms with Crippen molar-refractivity contribution in [1.29, 1.82) is 0 Å². The average molecular weight is 352 g/mol. The standard InChI is InChI=1S/C17H22F2N4S/c1-4-20-17(23-10-16-21-9-12(3)24-16)22-8-11(2)13-5-6-14(18)15(19)7-13/h5-7,9,11H,4,8,10H2,1-3H3,(H2,20,22,23). The molecule has 1 unspecified atom stereocenters. The van der Waals surface area contributed by atoms with Crippen molar-refractivity contribution in [2.24, 2.45) is 4.99 Å². The summed E-state index contributed by atoms with van der Waals surface area (Å²) in [5.41, 5.74) is 0.743. The molecule has 0 amide bonds. The molecule has 4 nitrogen and oxygen atoms in total. The molecule has 0 aliphatic heterocycles. The number of thiazole rings is 1. The van der Waals surface area contributed by atoms with E-state index in [-0.39, 0.29) is 5.92 Å². The zero-order valence-electron chi connectivity index (χ0n) is 14.1. The van der Waals surface area contributed by atoms with Crippen LogP contribution in [0.1, 0.15) is 35.2 Å². The lowest BCUT2D eigenvalue weighted by Crippen LogP contribution is -2.39. The molecule has 2 aromatic rings. The largest absolute Gasteiger partial charge is 0.357 e. The first-order chi connectivity index (χ1) is 11.5. The monoisotopic (exact) mass is 352 g/mol. The van der Waals surface area contributed by atoms with Crippen LogP contribution in [-0.4, -0.2) is 24.0 Å². The van der Waals surface area contributed by atoms with Crippen LogP contribution in [0.2, 0.25) is 0 Å². The van der Waals surface area contributed by atoms with E-state index in [2.05, 4.69) is 20.6 Å². The lowest BCUT2D eigenvalue weighted by atomic mass is 10.0. The highest BCUT2D eigenvalue weighted by molar-refractivity contribution is 7.11. The SMILES string of the molecule is CCNC(=NCc1ncc(C)s1)NCC(C)c1ccc(F)c(F)c1. The molecule has 7 heteroatoms. The van der Waals surface area contributed by atoms with E-state index in [0.717, 1.165) is 28.1 Å². The predicted octanol–water partition coefficient (Wildman–Crippen LogP) is 3.59. The van der Waals surface area contributed by atoms with Gasteiger partial charge in [-0.3, -0.25) is 0 Å². The lowest BCUT2D eigenvalue weighted by Gasteiger charge is -2.16. The van der Waals surface area contributed by atoms with Crippen molar-refractivity contribution in [3.8, 4) is 0 Å². The molecule has 1 aromatic carbocycles. The number of aliphatic imine (C=N–C) groups is 1. The lowest BCUT2D eigenvalue weighted by molar-refractivity contribution is 0.505. The van der Waals surface area contributed by atoms with Gasteiger partial charge in [0, 0.05) is 24.2 Å². The van der Waals surface area contributed by atoms with E-state index in [1.165, 1.54) is 6.07 Å². The Bertz CT molecular complexity index is 700. The highest BCUT2D eigenvalue weighted by atomic mass is 32.1. The van der Waals surface area contributed by atoms with Crippen molar-refractivity contribution in [1.82, 2.24) is 15.6 Å². The van der Waals surface area contributed by atoms with Crippen LogP contribution in [0.4, 0.5) is 8.78 Å². The number of guanidine groups is 1. The van der Waals surface area contributed by atoms with Gasteiger partial charge in [0.2, 0.25) is 0 Å². The van der Waals surface area contributed by atoms with Crippen LogP contribution in [0.15, 0.2) is 29.4 Å². The van der Waals surface area contributed by atoms with Crippen LogP contribution in [0.3, 0.4) is 0 Å². The molecule has 0 bridgehead atoms. The smallest absolute Gasteiger partial charge is 0.191 e. The fourth-order valence-electron chi connectivity index (χ4n) is 2.15. The molecule has 1 heterocycles. The maximum Gasteiger partial charge on any atom is 0.191 e. The van der Waals surface area contributed by atoms with E-state index in [9.17, 15) is 8.78 Å². The first-order valence-electron chi connectivity index (χ1n) is 7.88. The van der Waals surface area contributed by atoms with Crippen LogP contribution in [0.5, 0.6) is 0 Å². The van der Waals surface area contributed by atoms with Crippen molar-refractivity contribution in [2.45, 2.75) is 33.2 Å². The minimum atomic E-state index is -0.826. The van der Waals surface area contributed by atoms with Gasteiger partial charge in [-0.1, -0.05) is 13.0 Å². The summed E-state index contributed by atoms with van der Waals surface area (Å²) in [5, 5.41) is 7.36. The number of halogens is 2. The molecule has 0 spiro atoms. The molecule has 130 valence electrons. The minimum Gasteiger partial charge on any atom is -0.357 e. The van der Waals surface area contributed by atoms with Crippen LogP contribution < -0.4 is 10.6 Å². The third-order valence-electron chi connectivity index (χ3n) is 3.47. The van der Waals surface area contributed by atoms with Gasteiger partial charge in [-0.2, -0.15) is 0 Å². The van der Waals surface area contributed by atoms with E-state index in [4.69, 9.17) is 0 Å². The Hall–Kier alpha value is -2.02. The maximum atomic E-state index is 13.3. The van der Waals surface area contributed by atoms with Crippen LogP contribution in [-0.2, 0) is 6.54 Å². The Morgan fingerprint density at radius 2 is 2.08 bits per heavy atom. The molecule has 1 aromatic heterocycles. The number of nitrogens with one attached hydrogen (secondary N) is 2. The van der Waals surface area contributed by atoms with Crippen molar-refractivity contribution in [2.75, 3.05) is 13.1 Å². The second kappa shape index (κ2) is 8.73. The molecule has 24 heavy (non-hydrogen) atoms. The van der Waals surface area contributed by atoms with E-state index in [1.54, 1.807) is 17.4 Å². The first-order valence-corrected chi connectivity index (χ1v) is 8.69. The zero-order chi connectivity index (χ0) is 17.5. The predicted molar refractivity (Wildman–Crippen MR) is 94.4 cm³/mol. The minimum absolute atomic E-state index is 0.0195. The van der Waals surface area contributed by atoms with Gasteiger partial charge in [-0.25, -0.2) is 18.8 Å². The number of aromatic nitrogens is 1. The third-order valence-corrected chi connectivity index (χ3v) is 4.37. The van der Waals surface area contributed by atoms with Gasteiger partial charge < -0.3 is 10.6 Å². The van der Waals surface area contributed by atoms with E-state index < -0.39 is 11.6 Å². The number of nitrogens with zero attached hydrogens (tertiary/aromatic N) is 2. The maximum absolute atomic E-state index is 13.3. The molecule has 0 aliphatic carbocycles. The summed E-state index contributed by atoms with van der Waals surface area (Å²) in [5.74, 6) is -0.947. The van der Waals surface area contributed by atoms with E-state index in [1.807, 2.05) is 27.0 Å². The summed E-state index contributed by atoms with van der Waals surface area (Å²) in [4.78, 5) is 9.95. The fourth-order valence-corrected chi connectivity index (χ4v) is 2.86. The summed E-state index contributed by atoms with van der Waals surface area (Å²) in [6.45, 7) is 7.76. The summed E-state index contributed by atoms with van der Waals surface area (Å²) < 4.78 is 26.3. The molecule has 2 rings (SSSR count). The third kappa shape index (κ3) is 5.26. The van der Waals surface area contributed by atoms with Gasteiger partial charge in [-0.15, -0.1) is 11.3 Å². The summed E-state index contributed by atoms with van der Waals surface area (Å²) >= 11 is 1.62. The van der Waals surface area contributed by atoms with Crippen LogP contribution in [0, 0.1) is 18.6 Å². The molecule has 0 saturated carbocycles. The number of hydrogen-bond acceptors (Lipinski definition) is 3. The highest BCUT2D eigenvalue weighted by Crippen LogP contribution is 2.17. The van der Waals surface area contributed by atoms with Gasteiger partial charge in [0.05, 0.1) is 6.54 Å². The van der Waals surface area contributed by atoms with Crippen molar-refractivity contribution >= 4 is 17.3 Å². The van der Waals surface area contributed by atoms with Gasteiger partial charge in [-0.05, 0) is 37.5 Å². The Morgan fingerprint density at radius 1 is 1.29 bits per heavy atom. The topological polar surface area (TPSA) is 49.3 Å². The van der Waals surface area contributed by atoms with Crippen molar-refractivity contribution in [3.63, 3.8) is 0 Å².